The van der Waals surface area contributed by atoms with Crippen LogP contribution < -0.4 is 9.62 Å². The van der Waals surface area contributed by atoms with E-state index >= 15 is 0 Å². The van der Waals surface area contributed by atoms with Gasteiger partial charge in [-0.1, -0.05) is 48.0 Å². The summed E-state index contributed by atoms with van der Waals surface area (Å²) in [6.45, 7) is 2.06. The van der Waals surface area contributed by atoms with E-state index in [9.17, 15) is 18.0 Å². The number of rotatable bonds is 8. The third-order valence-electron chi connectivity index (χ3n) is 6.09. The maximum absolute atomic E-state index is 13.2. The topological polar surface area (TPSA) is 86.8 Å². The lowest BCUT2D eigenvalue weighted by Crippen LogP contribution is -2.46. The van der Waals surface area contributed by atoms with Crippen molar-refractivity contribution in [3.8, 4) is 0 Å². The molecule has 0 unspecified atom stereocenters. The molecule has 1 aliphatic heterocycles. The van der Waals surface area contributed by atoms with Gasteiger partial charge in [0.15, 0.2) is 0 Å². The Morgan fingerprint density at radius 1 is 1.09 bits per heavy atom. The average molecular weight is 500 g/mol. The fourth-order valence-electron chi connectivity index (χ4n) is 4.34. The Bertz CT molecular complexity index is 1350. The highest BCUT2D eigenvalue weighted by Gasteiger charge is 2.35. The summed E-state index contributed by atoms with van der Waals surface area (Å²) in [5.41, 5.74) is 1.44. The zero-order valence-electron chi connectivity index (χ0n) is 19.0. The molecular formula is C25H26ClN3O4S. The highest BCUT2D eigenvalue weighted by atomic mass is 35.5. The second-order valence-electron chi connectivity index (χ2n) is 8.25. The molecule has 0 fully saturated rings. The van der Waals surface area contributed by atoms with Gasteiger partial charge in [-0.15, -0.1) is 0 Å². The van der Waals surface area contributed by atoms with Gasteiger partial charge in [-0.05, 0) is 48.6 Å². The van der Waals surface area contributed by atoms with Crippen molar-refractivity contribution < 1.29 is 18.0 Å². The van der Waals surface area contributed by atoms with Gasteiger partial charge in [-0.3, -0.25) is 13.9 Å². The first-order valence-electron chi connectivity index (χ1n) is 11.0. The normalized spacial score (nSPS) is 14.7. The first-order chi connectivity index (χ1) is 16.2. The maximum Gasteiger partial charge on any atom is 0.265 e. The van der Waals surface area contributed by atoms with Gasteiger partial charge in [-0.2, -0.15) is 0 Å². The van der Waals surface area contributed by atoms with Crippen LogP contribution in [-0.2, 0) is 26.2 Å². The zero-order valence-corrected chi connectivity index (χ0v) is 20.6. The molecule has 0 radical (unpaired) electrons. The third kappa shape index (κ3) is 4.48. The van der Waals surface area contributed by atoms with Crippen LogP contribution >= 0.6 is 11.6 Å². The van der Waals surface area contributed by atoms with Crippen molar-refractivity contribution in [2.24, 2.45) is 0 Å². The molecule has 178 valence electrons. The van der Waals surface area contributed by atoms with Crippen LogP contribution in [0.2, 0.25) is 5.02 Å². The van der Waals surface area contributed by atoms with E-state index < -0.39 is 16.1 Å². The lowest BCUT2D eigenvalue weighted by Gasteiger charge is -2.29. The summed E-state index contributed by atoms with van der Waals surface area (Å²) in [6, 6.07) is 17.2. The van der Waals surface area contributed by atoms with Crippen LogP contribution in [-0.4, -0.2) is 44.8 Å². The Balaban J connectivity index is 1.50. The standard InChI is InChI=1S/C25H26ClN3O4S/c1-17(25(31)27-2)28(16-18-7-3-10-20(26)15-18)23(30)13-6-14-29-21-11-4-8-19-9-5-12-22(24(19)21)34(29,32)33/h3-5,7-12,15,17H,6,13-14,16H2,1-2H3,(H,27,31)/t17-/m0/s1. The van der Waals surface area contributed by atoms with Crippen molar-refractivity contribution in [1.82, 2.24) is 10.2 Å². The van der Waals surface area contributed by atoms with E-state index in [1.807, 2.05) is 24.3 Å². The molecule has 1 atom stereocenters. The van der Waals surface area contributed by atoms with Gasteiger partial charge in [0.1, 0.15) is 6.04 Å². The second-order valence-corrected chi connectivity index (χ2v) is 10.5. The van der Waals surface area contributed by atoms with Gasteiger partial charge in [0.05, 0.1) is 10.6 Å². The largest absolute Gasteiger partial charge is 0.357 e. The number of sulfonamides is 1. The predicted molar refractivity (Wildman–Crippen MR) is 133 cm³/mol. The highest BCUT2D eigenvalue weighted by Crippen LogP contribution is 2.42. The molecule has 0 saturated heterocycles. The molecule has 0 aliphatic carbocycles. The van der Waals surface area contributed by atoms with Crippen molar-refractivity contribution in [2.75, 3.05) is 17.9 Å². The van der Waals surface area contributed by atoms with Gasteiger partial charge >= 0.3 is 0 Å². The van der Waals surface area contributed by atoms with Crippen LogP contribution in [0.4, 0.5) is 5.69 Å². The van der Waals surface area contributed by atoms with Crippen molar-refractivity contribution >= 4 is 49.9 Å². The van der Waals surface area contributed by atoms with Crippen molar-refractivity contribution in [1.29, 1.82) is 0 Å². The Labute approximate surface area is 204 Å². The summed E-state index contributed by atoms with van der Waals surface area (Å²) in [5, 5.41) is 4.71. The molecular weight excluding hydrogens is 474 g/mol. The van der Waals surface area contributed by atoms with Crippen LogP contribution in [0.15, 0.2) is 65.6 Å². The summed E-state index contributed by atoms with van der Waals surface area (Å²) in [4.78, 5) is 27.3. The first-order valence-corrected chi connectivity index (χ1v) is 12.9. The molecule has 0 aromatic heterocycles. The van der Waals surface area contributed by atoms with Gasteiger partial charge in [-0.25, -0.2) is 8.42 Å². The van der Waals surface area contributed by atoms with E-state index in [1.54, 1.807) is 43.3 Å². The number of benzene rings is 3. The number of carbonyl (C=O) groups is 2. The number of anilines is 1. The van der Waals surface area contributed by atoms with Crippen LogP contribution in [0, 0.1) is 0 Å². The minimum atomic E-state index is -3.67. The number of hydrogen-bond donors (Lipinski definition) is 1. The van der Waals surface area contributed by atoms with Crippen LogP contribution in [0.5, 0.6) is 0 Å². The number of nitrogens with zero attached hydrogens (tertiary/aromatic N) is 2. The van der Waals surface area contributed by atoms with E-state index in [0.29, 0.717) is 27.4 Å². The van der Waals surface area contributed by atoms with Gasteiger partial charge in [0.25, 0.3) is 10.0 Å². The molecule has 0 saturated carbocycles. The number of halogens is 1. The zero-order chi connectivity index (χ0) is 24.5. The van der Waals surface area contributed by atoms with Crippen LogP contribution in [0.1, 0.15) is 25.3 Å². The maximum atomic E-state index is 13.2. The lowest BCUT2D eigenvalue weighted by atomic mass is 10.1. The van der Waals surface area contributed by atoms with E-state index in [0.717, 1.165) is 10.9 Å². The molecule has 9 heteroatoms. The predicted octanol–water partition coefficient (Wildman–Crippen LogP) is 3.95. The first kappa shape index (κ1) is 24.0. The summed E-state index contributed by atoms with van der Waals surface area (Å²) in [7, 11) is -2.15. The molecule has 1 heterocycles. The van der Waals surface area contributed by atoms with Gasteiger partial charge < -0.3 is 10.2 Å². The van der Waals surface area contributed by atoms with Crippen molar-refractivity contribution in [2.45, 2.75) is 37.2 Å². The van der Waals surface area contributed by atoms with Crippen molar-refractivity contribution in [3.63, 3.8) is 0 Å². The minimum Gasteiger partial charge on any atom is -0.357 e. The van der Waals surface area contributed by atoms with E-state index in [-0.39, 0.29) is 31.3 Å². The molecule has 1 N–H and O–H groups in total. The molecule has 34 heavy (non-hydrogen) atoms. The fraction of sp³-hybridized carbons (Fsp3) is 0.280. The SMILES string of the molecule is CNC(=O)[C@H](C)N(Cc1cccc(Cl)c1)C(=O)CCCN1c2cccc3cccc(c23)S1(=O)=O. The second kappa shape index (κ2) is 9.64. The Morgan fingerprint density at radius 3 is 2.50 bits per heavy atom. The number of likely N-dealkylation sites (N-methyl/N-ethyl adjacent to an activating group) is 1. The average Bonchev–Trinajstić information content (AvgIpc) is 3.04. The van der Waals surface area contributed by atoms with Crippen molar-refractivity contribution in [3.05, 3.63) is 71.2 Å². The third-order valence-corrected chi connectivity index (χ3v) is 8.18. The molecule has 3 aromatic rings. The van der Waals surface area contributed by atoms with E-state index in [2.05, 4.69) is 5.32 Å². The smallest absolute Gasteiger partial charge is 0.265 e. The Kier molecular flexibility index (Phi) is 6.81. The van der Waals surface area contributed by atoms with Crippen LogP contribution in [0.3, 0.4) is 0 Å². The molecule has 7 nitrogen and oxygen atoms in total. The lowest BCUT2D eigenvalue weighted by molar-refractivity contribution is -0.140. The molecule has 0 spiro atoms. The highest BCUT2D eigenvalue weighted by molar-refractivity contribution is 7.93. The number of carbonyl (C=O) groups excluding carboxylic acids is 2. The summed E-state index contributed by atoms with van der Waals surface area (Å²) in [6.07, 6.45) is 0.412. The summed E-state index contributed by atoms with van der Waals surface area (Å²) >= 11 is 6.09. The Hall–Kier alpha value is -3.10. The summed E-state index contributed by atoms with van der Waals surface area (Å²) in [5.74, 6) is -0.511. The number of hydrogen-bond acceptors (Lipinski definition) is 4. The fourth-order valence-corrected chi connectivity index (χ4v) is 6.30. The minimum absolute atomic E-state index is 0.0975. The van der Waals surface area contributed by atoms with E-state index in [1.165, 1.54) is 16.3 Å². The van der Waals surface area contributed by atoms with E-state index in [4.69, 9.17) is 11.6 Å². The van der Waals surface area contributed by atoms with Gasteiger partial charge in [0, 0.05) is 37.0 Å². The van der Waals surface area contributed by atoms with Crippen LogP contribution in [0.25, 0.3) is 10.8 Å². The Morgan fingerprint density at radius 2 is 1.79 bits per heavy atom. The molecule has 3 aromatic carbocycles. The van der Waals surface area contributed by atoms with Gasteiger partial charge in [0.2, 0.25) is 11.8 Å². The quantitative estimate of drug-likeness (QED) is 0.508. The molecule has 0 bridgehead atoms. The number of amides is 2. The monoisotopic (exact) mass is 499 g/mol. The summed E-state index contributed by atoms with van der Waals surface area (Å²) < 4.78 is 27.7. The molecule has 1 aliphatic rings. The molecule has 4 rings (SSSR count). The molecule has 2 amide bonds. The number of nitrogens with one attached hydrogen (secondary N) is 1.